The van der Waals surface area contributed by atoms with Crippen molar-refractivity contribution >= 4 is 0 Å². The van der Waals surface area contributed by atoms with E-state index in [1.54, 1.807) is 0 Å². The van der Waals surface area contributed by atoms with Crippen LogP contribution in [0.1, 0.15) is 31.7 Å². The molecule has 1 aliphatic rings. The van der Waals surface area contributed by atoms with E-state index in [9.17, 15) is 0 Å². The number of benzene rings is 1. The minimum Gasteiger partial charge on any atom is -0.0622 e. The Labute approximate surface area is 81.0 Å². The van der Waals surface area contributed by atoms with Crippen molar-refractivity contribution in [3.63, 3.8) is 0 Å². The number of aryl methyl sites for hydroxylation is 1. The van der Waals surface area contributed by atoms with Gasteiger partial charge in [-0.25, -0.2) is 0 Å². The van der Waals surface area contributed by atoms with E-state index in [4.69, 9.17) is 0 Å². The number of rotatable bonds is 3. The summed E-state index contributed by atoms with van der Waals surface area (Å²) in [6.07, 6.45) is 5.59. The SMILES string of the molecule is CC1CCC1CCc1ccccc1. The molecule has 0 bridgehead atoms. The second kappa shape index (κ2) is 3.95. The standard InChI is InChI=1S/C13H18/c1-11-7-9-13(11)10-8-12-5-3-2-4-6-12/h2-6,11,13H,7-10H2,1H3. The largest absolute Gasteiger partial charge is 0.0622 e. The van der Waals surface area contributed by atoms with Crippen LogP contribution in [0.25, 0.3) is 0 Å². The van der Waals surface area contributed by atoms with Gasteiger partial charge in [-0.3, -0.25) is 0 Å². The van der Waals surface area contributed by atoms with Crippen molar-refractivity contribution in [1.82, 2.24) is 0 Å². The molecule has 1 saturated carbocycles. The van der Waals surface area contributed by atoms with Gasteiger partial charge in [-0.1, -0.05) is 43.7 Å². The number of hydrogen-bond donors (Lipinski definition) is 0. The van der Waals surface area contributed by atoms with Crippen molar-refractivity contribution < 1.29 is 0 Å². The average molecular weight is 174 g/mol. The van der Waals surface area contributed by atoms with Gasteiger partial charge < -0.3 is 0 Å². The summed E-state index contributed by atoms with van der Waals surface area (Å²) in [5, 5.41) is 0. The van der Waals surface area contributed by atoms with E-state index >= 15 is 0 Å². The second-order valence-electron chi connectivity index (χ2n) is 4.34. The molecule has 0 aliphatic heterocycles. The maximum absolute atomic E-state index is 2.39. The summed E-state index contributed by atoms with van der Waals surface area (Å²) in [5.74, 6) is 2.00. The van der Waals surface area contributed by atoms with Crippen LogP contribution in [0.15, 0.2) is 30.3 Å². The zero-order chi connectivity index (χ0) is 9.10. The third-order valence-electron chi connectivity index (χ3n) is 3.44. The molecule has 0 heterocycles. The molecule has 0 saturated heterocycles. The summed E-state index contributed by atoms with van der Waals surface area (Å²) in [6, 6.07) is 10.8. The van der Waals surface area contributed by atoms with Crippen LogP contribution in [-0.2, 0) is 6.42 Å². The molecular weight excluding hydrogens is 156 g/mol. The fourth-order valence-electron chi connectivity index (χ4n) is 2.16. The highest BCUT2D eigenvalue weighted by molar-refractivity contribution is 5.14. The van der Waals surface area contributed by atoms with Gasteiger partial charge in [-0.2, -0.15) is 0 Å². The molecule has 2 atom stereocenters. The molecule has 13 heavy (non-hydrogen) atoms. The van der Waals surface area contributed by atoms with E-state index in [0.717, 1.165) is 11.8 Å². The van der Waals surface area contributed by atoms with Gasteiger partial charge in [-0.15, -0.1) is 0 Å². The average Bonchev–Trinajstić information content (AvgIpc) is 2.17. The normalized spacial score (nSPS) is 26.8. The van der Waals surface area contributed by atoms with Crippen LogP contribution in [0.3, 0.4) is 0 Å². The van der Waals surface area contributed by atoms with Gasteiger partial charge in [0.1, 0.15) is 0 Å². The molecule has 1 aromatic carbocycles. The zero-order valence-electron chi connectivity index (χ0n) is 8.37. The minimum absolute atomic E-state index is 0.990. The Bertz CT molecular complexity index is 250. The minimum atomic E-state index is 0.990. The Morgan fingerprint density at radius 3 is 2.46 bits per heavy atom. The number of hydrogen-bond acceptors (Lipinski definition) is 0. The van der Waals surface area contributed by atoms with E-state index in [1.807, 2.05) is 0 Å². The first-order chi connectivity index (χ1) is 6.36. The van der Waals surface area contributed by atoms with Crippen LogP contribution in [0.2, 0.25) is 0 Å². The summed E-state index contributed by atoms with van der Waals surface area (Å²) in [6.45, 7) is 2.39. The van der Waals surface area contributed by atoms with Crippen LogP contribution in [0, 0.1) is 11.8 Å². The molecule has 0 heteroatoms. The summed E-state index contributed by atoms with van der Waals surface area (Å²) in [7, 11) is 0. The predicted octanol–water partition coefficient (Wildman–Crippen LogP) is 3.67. The van der Waals surface area contributed by atoms with Gasteiger partial charge in [0.2, 0.25) is 0 Å². The van der Waals surface area contributed by atoms with Crippen molar-refractivity contribution in [3.8, 4) is 0 Å². The van der Waals surface area contributed by atoms with Crippen LogP contribution >= 0.6 is 0 Å². The lowest BCUT2D eigenvalue weighted by Gasteiger charge is -2.33. The summed E-state index contributed by atoms with van der Waals surface area (Å²) in [5.41, 5.74) is 1.50. The predicted molar refractivity (Wildman–Crippen MR) is 56.7 cm³/mol. The molecule has 1 aliphatic carbocycles. The van der Waals surface area contributed by atoms with Crippen molar-refractivity contribution in [2.45, 2.75) is 32.6 Å². The maximum Gasteiger partial charge on any atom is -0.0276 e. The summed E-state index contributed by atoms with van der Waals surface area (Å²) in [4.78, 5) is 0. The van der Waals surface area contributed by atoms with Crippen molar-refractivity contribution in [3.05, 3.63) is 35.9 Å². The highest BCUT2D eigenvalue weighted by Crippen LogP contribution is 2.36. The summed E-state index contributed by atoms with van der Waals surface area (Å²) >= 11 is 0. The van der Waals surface area contributed by atoms with E-state index in [1.165, 1.54) is 31.2 Å². The first-order valence-electron chi connectivity index (χ1n) is 5.40. The monoisotopic (exact) mass is 174 g/mol. The van der Waals surface area contributed by atoms with E-state index in [2.05, 4.69) is 37.3 Å². The van der Waals surface area contributed by atoms with Crippen LogP contribution in [0.4, 0.5) is 0 Å². The molecule has 1 fully saturated rings. The summed E-state index contributed by atoms with van der Waals surface area (Å²) < 4.78 is 0. The Hall–Kier alpha value is -0.780. The Morgan fingerprint density at radius 1 is 1.15 bits per heavy atom. The molecule has 1 aromatic rings. The van der Waals surface area contributed by atoms with Crippen molar-refractivity contribution in [2.24, 2.45) is 11.8 Å². The Kier molecular flexibility index (Phi) is 2.68. The molecule has 0 spiro atoms. The molecule has 0 amide bonds. The van der Waals surface area contributed by atoms with E-state index in [-0.39, 0.29) is 0 Å². The van der Waals surface area contributed by atoms with Gasteiger partial charge in [0.25, 0.3) is 0 Å². The maximum atomic E-state index is 2.39. The van der Waals surface area contributed by atoms with E-state index < -0.39 is 0 Å². The third-order valence-corrected chi connectivity index (χ3v) is 3.44. The molecule has 70 valence electrons. The Balaban J connectivity index is 1.80. The molecule has 0 aromatic heterocycles. The van der Waals surface area contributed by atoms with Gasteiger partial charge >= 0.3 is 0 Å². The quantitative estimate of drug-likeness (QED) is 0.656. The van der Waals surface area contributed by atoms with Gasteiger partial charge in [-0.05, 0) is 36.7 Å². The van der Waals surface area contributed by atoms with E-state index in [0.29, 0.717) is 0 Å². The van der Waals surface area contributed by atoms with Crippen LogP contribution in [-0.4, -0.2) is 0 Å². The fourth-order valence-corrected chi connectivity index (χ4v) is 2.16. The third kappa shape index (κ3) is 2.12. The molecule has 0 radical (unpaired) electrons. The zero-order valence-corrected chi connectivity index (χ0v) is 8.37. The molecule has 2 unspecified atom stereocenters. The molecular formula is C13H18. The first kappa shape index (κ1) is 8.80. The van der Waals surface area contributed by atoms with Crippen LogP contribution < -0.4 is 0 Å². The van der Waals surface area contributed by atoms with Crippen molar-refractivity contribution in [2.75, 3.05) is 0 Å². The van der Waals surface area contributed by atoms with Gasteiger partial charge in [0.05, 0.1) is 0 Å². The first-order valence-corrected chi connectivity index (χ1v) is 5.40. The smallest absolute Gasteiger partial charge is 0.0276 e. The van der Waals surface area contributed by atoms with Gasteiger partial charge in [0, 0.05) is 0 Å². The molecule has 0 nitrogen and oxygen atoms in total. The lowest BCUT2D eigenvalue weighted by molar-refractivity contribution is 0.184. The lowest BCUT2D eigenvalue weighted by Crippen LogP contribution is -2.23. The van der Waals surface area contributed by atoms with Crippen LogP contribution in [0.5, 0.6) is 0 Å². The second-order valence-corrected chi connectivity index (χ2v) is 4.34. The Morgan fingerprint density at radius 2 is 1.92 bits per heavy atom. The molecule has 0 N–H and O–H groups in total. The topological polar surface area (TPSA) is 0 Å². The van der Waals surface area contributed by atoms with Crippen molar-refractivity contribution in [1.29, 1.82) is 0 Å². The fraction of sp³-hybridized carbons (Fsp3) is 0.538. The highest BCUT2D eigenvalue weighted by atomic mass is 14.3. The van der Waals surface area contributed by atoms with Gasteiger partial charge in [0.15, 0.2) is 0 Å². The molecule has 2 rings (SSSR count). The lowest BCUT2D eigenvalue weighted by atomic mass is 9.72. The highest BCUT2D eigenvalue weighted by Gasteiger charge is 2.25.